The van der Waals surface area contributed by atoms with Gasteiger partial charge in [-0.1, -0.05) is 19.1 Å². The predicted octanol–water partition coefficient (Wildman–Crippen LogP) is 4.64. The molecular weight excluding hydrogens is 352 g/mol. The van der Waals surface area contributed by atoms with E-state index >= 15 is 0 Å². The van der Waals surface area contributed by atoms with E-state index in [1.54, 1.807) is 6.08 Å². The lowest BCUT2D eigenvalue weighted by Gasteiger charge is -2.14. The van der Waals surface area contributed by atoms with E-state index in [4.69, 9.17) is 4.42 Å². The Hall–Kier alpha value is -2.82. The van der Waals surface area contributed by atoms with Gasteiger partial charge in [0.05, 0.1) is 6.04 Å². The summed E-state index contributed by atoms with van der Waals surface area (Å²) in [6.45, 7) is 4.15. The summed E-state index contributed by atoms with van der Waals surface area (Å²) in [4.78, 5) is 24.0. The molecule has 2 aliphatic carbocycles. The Balaban J connectivity index is 1.28. The zero-order valence-corrected chi connectivity index (χ0v) is 16.3. The molecule has 2 N–H and O–H groups in total. The second-order valence-electron chi connectivity index (χ2n) is 8.01. The minimum Gasteiger partial charge on any atom is -0.461 e. The van der Waals surface area contributed by atoms with Crippen molar-refractivity contribution < 1.29 is 14.0 Å². The lowest BCUT2D eigenvalue weighted by atomic mass is 10.1. The van der Waals surface area contributed by atoms with Gasteiger partial charge >= 0.3 is 0 Å². The van der Waals surface area contributed by atoms with Crippen molar-refractivity contribution in [2.75, 3.05) is 5.32 Å². The van der Waals surface area contributed by atoms with Crippen molar-refractivity contribution in [1.82, 2.24) is 5.32 Å². The number of hydrogen-bond acceptors (Lipinski definition) is 3. The van der Waals surface area contributed by atoms with Crippen LogP contribution in [0.25, 0.3) is 6.08 Å². The molecule has 2 fully saturated rings. The standard InChI is InChI=1S/C23H26N2O3/c1-14-13-20(14)21-11-9-19(28-21)10-12-22(26)24-15(2)16-5-7-18(8-6-16)25-23(27)17-3-4-17/h5-12,14-15,17,20H,3-4,13H2,1-2H3,(H,24,26)(H,25,27)/b12-10+. The average Bonchev–Trinajstić information content (AvgIpc) is 3.60. The first kappa shape index (κ1) is 18.5. The van der Waals surface area contributed by atoms with Crippen LogP contribution >= 0.6 is 0 Å². The van der Waals surface area contributed by atoms with Crippen molar-refractivity contribution in [2.24, 2.45) is 11.8 Å². The van der Waals surface area contributed by atoms with Gasteiger partial charge in [0.25, 0.3) is 0 Å². The molecule has 3 atom stereocenters. The van der Waals surface area contributed by atoms with E-state index in [-0.39, 0.29) is 23.8 Å². The number of hydrogen-bond donors (Lipinski definition) is 2. The van der Waals surface area contributed by atoms with Crippen LogP contribution in [0.4, 0.5) is 5.69 Å². The van der Waals surface area contributed by atoms with Gasteiger partial charge in [0.15, 0.2) is 0 Å². The smallest absolute Gasteiger partial charge is 0.244 e. The van der Waals surface area contributed by atoms with Crippen LogP contribution in [0, 0.1) is 11.8 Å². The van der Waals surface area contributed by atoms with Crippen LogP contribution in [0.15, 0.2) is 46.9 Å². The minimum absolute atomic E-state index is 0.0939. The third-order valence-corrected chi connectivity index (χ3v) is 5.51. The highest BCUT2D eigenvalue weighted by molar-refractivity contribution is 5.94. The number of amides is 2. The van der Waals surface area contributed by atoms with Gasteiger partial charge in [0.2, 0.25) is 11.8 Å². The fourth-order valence-electron chi connectivity index (χ4n) is 3.32. The van der Waals surface area contributed by atoms with E-state index in [1.165, 1.54) is 12.5 Å². The molecule has 0 saturated heterocycles. The summed E-state index contributed by atoms with van der Waals surface area (Å²) in [7, 11) is 0. The molecule has 1 aromatic heterocycles. The van der Waals surface area contributed by atoms with Gasteiger partial charge in [-0.05, 0) is 68.0 Å². The van der Waals surface area contributed by atoms with Crippen LogP contribution in [0.5, 0.6) is 0 Å². The van der Waals surface area contributed by atoms with E-state index in [2.05, 4.69) is 17.6 Å². The fourth-order valence-corrected chi connectivity index (χ4v) is 3.32. The zero-order valence-electron chi connectivity index (χ0n) is 16.3. The summed E-state index contributed by atoms with van der Waals surface area (Å²) in [6.07, 6.45) is 6.35. The molecule has 28 heavy (non-hydrogen) atoms. The molecule has 4 rings (SSSR count). The van der Waals surface area contributed by atoms with E-state index in [0.717, 1.165) is 29.9 Å². The summed E-state index contributed by atoms with van der Waals surface area (Å²) in [5.41, 5.74) is 1.77. The Morgan fingerprint density at radius 1 is 1.14 bits per heavy atom. The molecule has 2 saturated carbocycles. The Morgan fingerprint density at radius 3 is 2.50 bits per heavy atom. The summed E-state index contributed by atoms with van der Waals surface area (Å²) >= 11 is 0. The maximum absolute atomic E-state index is 12.2. The number of furan rings is 1. The van der Waals surface area contributed by atoms with E-state index in [1.807, 2.05) is 43.3 Å². The van der Waals surface area contributed by atoms with Gasteiger partial charge in [-0.25, -0.2) is 0 Å². The Morgan fingerprint density at radius 2 is 1.86 bits per heavy atom. The highest BCUT2D eigenvalue weighted by Crippen LogP contribution is 2.47. The molecule has 2 aromatic rings. The monoisotopic (exact) mass is 378 g/mol. The van der Waals surface area contributed by atoms with Gasteiger partial charge in [0.1, 0.15) is 11.5 Å². The molecule has 0 aliphatic heterocycles. The molecule has 0 spiro atoms. The number of carbonyl (C=O) groups excluding carboxylic acids is 2. The lowest BCUT2D eigenvalue weighted by molar-refractivity contribution is -0.118. The first-order valence-electron chi connectivity index (χ1n) is 9.98. The molecule has 2 amide bonds. The van der Waals surface area contributed by atoms with Crippen LogP contribution in [0.1, 0.15) is 62.2 Å². The van der Waals surface area contributed by atoms with Crippen LogP contribution < -0.4 is 10.6 Å². The second kappa shape index (κ2) is 7.66. The van der Waals surface area contributed by atoms with Crippen LogP contribution in [-0.4, -0.2) is 11.8 Å². The van der Waals surface area contributed by atoms with E-state index < -0.39 is 0 Å². The molecule has 5 nitrogen and oxygen atoms in total. The normalized spacial score (nSPS) is 22.1. The van der Waals surface area contributed by atoms with Crippen LogP contribution in [0.2, 0.25) is 0 Å². The van der Waals surface area contributed by atoms with Crippen molar-refractivity contribution in [3.05, 3.63) is 59.6 Å². The number of anilines is 1. The molecule has 146 valence electrons. The molecule has 1 aromatic carbocycles. The maximum Gasteiger partial charge on any atom is 0.244 e. The summed E-state index contributed by atoms with van der Waals surface area (Å²) in [5.74, 6) is 3.05. The summed E-state index contributed by atoms with van der Waals surface area (Å²) in [6, 6.07) is 11.4. The topological polar surface area (TPSA) is 71.3 Å². The SMILES string of the molecule is CC(NC(=O)/C=C/c1ccc(C2CC2C)o1)c1ccc(NC(=O)C2CC2)cc1. The number of rotatable bonds is 7. The van der Waals surface area contributed by atoms with Gasteiger partial charge < -0.3 is 15.1 Å². The highest BCUT2D eigenvalue weighted by atomic mass is 16.3. The lowest BCUT2D eigenvalue weighted by Crippen LogP contribution is -2.24. The molecule has 1 heterocycles. The van der Waals surface area contributed by atoms with Crippen molar-refractivity contribution in [1.29, 1.82) is 0 Å². The Kier molecular flexibility index (Phi) is 5.07. The van der Waals surface area contributed by atoms with Crippen molar-refractivity contribution >= 4 is 23.6 Å². The summed E-state index contributed by atoms with van der Waals surface area (Å²) < 4.78 is 5.78. The number of benzene rings is 1. The summed E-state index contributed by atoms with van der Waals surface area (Å²) in [5, 5.41) is 5.87. The quantitative estimate of drug-likeness (QED) is 0.689. The molecule has 2 aliphatic rings. The van der Waals surface area contributed by atoms with Crippen LogP contribution in [-0.2, 0) is 9.59 Å². The zero-order chi connectivity index (χ0) is 19.7. The third-order valence-electron chi connectivity index (χ3n) is 5.51. The fraction of sp³-hybridized carbons (Fsp3) is 0.391. The van der Waals surface area contributed by atoms with Crippen molar-refractivity contribution in [3.8, 4) is 0 Å². The van der Waals surface area contributed by atoms with Gasteiger partial charge in [-0.3, -0.25) is 9.59 Å². The van der Waals surface area contributed by atoms with Crippen molar-refractivity contribution in [3.63, 3.8) is 0 Å². The van der Waals surface area contributed by atoms with Crippen molar-refractivity contribution in [2.45, 2.75) is 45.1 Å². The first-order chi connectivity index (χ1) is 13.5. The van der Waals surface area contributed by atoms with Gasteiger partial charge in [-0.2, -0.15) is 0 Å². The molecule has 3 unspecified atom stereocenters. The average molecular weight is 378 g/mol. The highest BCUT2D eigenvalue weighted by Gasteiger charge is 2.36. The Labute approximate surface area is 165 Å². The Bertz CT molecular complexity index is 893. The molecular formula is C23H26N2O3. The van der Waals surface area contributed by atoms with E-state index in [9.17, 15) is 9.59 Å². The first-order valence-corrected chi connectivity index (χ1v) is 9.98. The second-order valence-corrected chi connectivity index (χ2v) is 8.01. The van der Waals surface area contributed by atoms with E-state index in [0.29, 0.717) is 17.6 Å². The molecule has 5 heteroatoms. The predicted molar refractivity (Wildman–Crippen MR) is 109 cm³/mol. The van der Waals surface area contributed by atoms with Gasteiger partial charge in [-0.15, -0.1) is 0 Å². The largest absolute Gasteiger partial charge is 0.461 e. The maximum atomic E-state index is 12.2. The van der Waals surface area contributed by atoms with Crippen LogP contribution in [0.3, 0.4) is 0 Å². The number of carbonyl (C=O) groups is 2. The minimum atomic E-state index is -0.170. The third kappa shape index (κ3) is 4.53. The van der Waals surface area contributed by atoms with Gasteiger partial charge in [0, 0.05) is 23.6 Å². The molecule has 0 radical (unpaired) electrons. The molecule has 0 bridgehead atoms. The number of nitrogens with one attached hydrogen (secondary N) is 2.